The molecule has 0 aliphatic carbocycles. The van der Waals surface area contributed by atoms with Crippen molar-refractivity contribution in [3.05, 3.63) is 82.2 Å². The quantitative estimate of drug-likeness (QED) is 0.478. The Morgan fingerprint density at radius 1 is 1.00 bits per heavy atom. The highest BCUT2D eigenvalue weighted by Gasteiger charge is 2.11. The van der Waals surface area contributed by atoms with Crippen LogP contribution in [0.4, 0.5) is 0 Å². The third-order valence-corrected chi connectivity index (χ3v) is 5.76. The van der Waals surface area contributed by atoms with E-state index < -0.39 is 10.8 Å². The lowest BCUT2D eigenvalue weighted by Gasteiger charge is -2.06. The Kier molecular flexibility index (Phi) is 4.50. The molecule has 4 aromatic rings. The molecule has 0 fully saturated rings. The molecule has 25 heavy (non-hydrogen) atoms. The summed E-state index contributed by atoms with van der Waals surface area (Å²) in [6.07, 6.45) is 3.57. The van der Waals surface area contributed by atoms with Crippen LogP contribution in [0.25, 0.3) is 16.4 Å². The zero-order chi connectivity index (χ0) is 17.4. The van der Waals surface area contributed by atoms with Gasteiger partial charge in [-0.25, -0.2) is 4.98 Å². The van der Waals surface area contributed by atoms with Crippen molar-refractivity contribution in [1.29, 1.82) is 0 Å². The Balaban J connectivity index is 1.59. The summed E-state index contributed by atoms with van der Waals surface area (Å²) >= 11 is 12.2. The average Bonchev–Trinajstić information content (AvgIpc) is 2.97. The first-order valence-electron chi connectivity index (χ1n) is 7.74. The molecule has 1 unspecified atom stereocenters. The Hall–Kier alpha value is -1.88. The minimum Gasteiger partial charge on any atom is -0.304 e. The zero-order valence-electron chi connectivity index (χ0n) is 13.2. The van der Waals surface area contributed by atoms with Crippen molar-refractivity contribution in [2.45, 2.75) is 11.5 Å². The van der Waals surface area contributed by atoms with Crippen LogP contribution in [0.15, 0.2) is 60.9 Å². The zero-order valence-corrected chi connectivity index (χ0v) is 15.5. The second kappa shape index (κ2) is 6.79. The monoisotopic (exact) mass is 388 g/mol. The smallest absolute Gasteiger partial charge is 0.155 e. The molecule has 0 spiro atoms. The molecular weight excluding hydrogens is 375 g/mol. The van der Waals surface area contributed by atoms with Gasteiger partial charge in [0.2, 0.25) is 0 Å². The third-order valence-electron chi connectivity index (χ3n) is 4.03. The van der Waals surface area contributed by atoms with E-state index in [0.29, 0.717) is 27.2 Å². The highest BCUT2D eigenvalue weighted by molar-refractivity contribution is 7.83. The van der Waals surface area contributed by atoms with E-state index in [1.165, 1.54) is 0 Å². The van der Waals surface area contributed by atoms with Gasteiger partial charge in [0.1, 0.15) is 0 Å². The largest absolute Gasteiger partial charge is 0.304 e. The molecule has 0 N–H and O–H groups in total. The number of fused-ring (bicyclic) bond motifs is 2. The first-order valence-corrected chi connectivity index (χ1v) is 9.99. The van der Waals surface area contributed by atoms with Gasteiger partial charge in [-0.2, -0.15) is 0 Å². The van der Waals surface area contributed by atoms with E-state index in [-0.39, 0.29) is 0 Å². The third kappa shape index (κ3) is 3.43. The molecule has 2 aromatic heterocycles. The van der Waals surface area contributed by atoms with Crippen LogP contribution in [0.2, 0.25) is 10.0 Å². The van der Waals surface area contributed by atoms with Gasteiger partial charge in [-0.3, -0.25) is 4.21 Å². The van der Waals surface area contributed by atoms with Crippen molar-refractivity contribution in [2.75, 3.05) is 0 Å². The topological polar surface area (TPSA) is 34.4 Å². The second-order valence-electron chi connectivity index (χ2n) is 5.84. The highest BCUT2D eigenvalue weighted by atomic mass is 35.5. The number of halogens is 2. The van der Waals surface area contributed by atoms with E-state index in [1.807, 2.05) is 30.5 Å². The van der Waals surface area contributed by atoms with E-state index in [4.69, 9.17) is 23.2 Å². The van der Waals surface area contributed by atoms with Crippen LogP contribution in [-0.4, -0.2) is 13.6 Å². The number of rotatable bonds is 4. The minimum absolute atomic E-state index is 0.374. The standard InChI is InChI=1S/C19H14Cl2N2OS/c20-15-8-18(21)19-22-16(10-23(19)9-15)12-25(24)11-14-6-3-5-13-4-1-2-7-17(13)14/h1-10H,11-12H2. The summed E-state index contributed by atoms with van der Waals surface area (Å²) in [7, 11) is -1.07. The van der Waals surface area contributed by atoms with Crippen LogP contribution in [-0.2, 0) is 22.3 Å². The molecule has 2 heterocycles. The highest BCUT2D eigenvalue weighted by Crippen LogP contribution is 2.23. The molecule has 4 rings (SSSR count). The van der Waals surface area contributed by atoms with Gasteiger partial charge in [0, 0.05) is 28.9 Å². The molecule has 0 aliphatic rings. The number of nitrogens with zero attached hydrogens (tertiary/aromatic N) is 2. The van der Waals surface area contributed by atoms with Gasteiger partial charge in [-0.05, 0) is 22.4 Å². The lowest BCUT2D eigenvalue weighted by atomic mass is 10.1. The molecule has 0 radical (unpaired) electrons. The van der Waals surface area contributed by atoms with Crippen LogP contribution in [0.1, 0.15) is 11.3 Å². The number of aromatic nitrogens is 2. The maximum Gasteiger partial charge on any atom is 0.155 e. The van der Waals surface area contributed by atoms with Gasteiger partial charge < -0.3 is 4.40 Å². The van der Waals surface area contributed by atoms with Crippen LogP contribution < -0.4 is 0 Å². The molecular formula is C19H14Cl2N2OS. The lowest BCUT2D eigenvalue weighted by Crippen LogP contribution is -2.00. The maximum atomic E-state index is 12.7. The molecule has 1 atom stereocenters. The van der Waals surface area contributed by atoms with Crippen LogP contribution in [0, 0.1) is 0 Å². The van der Waals surface area contributed by atoms with E-state index in [9.17, 15) is 4.21 Å². The lowest BCUT2D eigenvalue weighted by molar-refractivity contribution is 0.682. The molecule has 0 saturated heterocycles. The van der Waals surface area contributed by atoms with Gasteiger partial charge in [0.05, 0.1) is 21.5 Å². The van der Waals surface area contributed by atoms with Gasteiger partial charge in [-0.1, -0.05) is 65.7 Å². The van der Waals surface area contributed by atoms with Gasteiger partial charge in [0.15, 0.2) is 5.65 Å². The fourth-order valence-corrected chi connectivity index (χ4v) is 4.65. The van der Waals surface area contributed by atoms with E-state index in [1.54, 1.807) is 16.7 Å². The summed E-state index contributed by atoms with van der Waals surface area (Å²) in [6.45, 7) is 0. The molecule has 0 bridgehead atoms. The summed E-state index contributed by atoms with van der Waals surface area (Å²) in [4.78, 5) is 4.48. The molecule has 126 valence electrons. The predicted molar refractivity (Wildman–Crippen MR) is 105 cm³/mol. The van der Waals surface area contributed by atoms with Gasteiger partial charge >= 0.3 is 0 Å². The molecule has 0 amide bonds. The number of hydrogen-bond donors (Lipinski definition) is 0. The molecule has 0 aliphatic heterocycles. The van der Waals surface area contributed by atoms with E-state index in [0.717, 1.165) is 22.0 Å². The van der Waals surface area contributed by atoms with Gasteiger partial charge in [0.25, 0.3) is 0 Å². The Morgan fingerprint density at radius 2 is 1.80 bits per heavy atom. The Labute approximate surface area is 157 Å². The number of benzene rings is 2. The molecule has 3 nitrogen and oxygen atoms in total. The normalized spacial score (nSPS) is 12.7. The van der Waals surface area contributed by atoms with E-state index in [2.05, 4.69) is 23.2 Å². The Bertz CT molecular complexity index is 1100. The first-order chi connectivity index (χ1) is 12.1. The molecule has 6 heteroatoms. The van der Waals surface area contributed by atoms with Crippen molar-refractivity contribution in [2.24, 2.45) is 0 Å². The number of hydrogen-bond acceptors (Lipinski definition) is 2. The van der Waals surface area contributed by atoms with E-state index >= 15 is 0 Å². The van der Waals surface area contributed by atoms with Crippen LogP contribution in [0.3, 0.4) is 0 Å². The van der Waals surface area contributed by atoms with Crippen molar-refractivity contribution in [1.82, 2.24) is 9.38 Å². The van der Waals surface area contributed by atoms with Crippen molar-refractivity contribution in [3.8, 4) is 0 Å². The average molecular weight is 389 g/mol. The van der Waals surface area contributed by atoms with Crippen LogP contribution >= 0.6 is 23.2 Å². The summed E-state index contributed by atoms with van der Waals surface area (Å²) in [5.74, 6) is 0.864. The summed E-state index contributed by atoms with van der Waals surface area (Å²) < 4.78 is 14.4. The van der Waals surface area contributed by atoms with Crippen LogP contribution in [0.5, 0.6) is 0 Å². The Morgan fingerprint density at radius 3 is 2.68 bits per heavy atom. The second-order valence-corrected chi connectivity index (χ2v) is 8.14. The van der Waals surface area contributed by atoms with Crippen molar-refractivity contribution >= 4 is 50.4 Å². The van der Waals surface area contributed by atoms with Gasteiger partial charge in [-0.15, -0.1) is 0 Å². The summed E-state index contributed by atoms with van der Waals surface area (Å²) in [5, 5.41) is 3.33. The summed E-state index contributed by atoms with van der Waals surface area (Å²) in [6, 6.07) is 15.9. The maximum absolute atomic E-state index is 12.7. The molecule has 0 saturated carbocycles. The van der Waals surface area contributed by atoms with Crippen molar-refractivity contribution in [3.63, 3.8) is 0 Å². The molecule has 2 aromatic carbocycles. The fraction of sp³-hybridized carbons (Fsp3) is 0.105. The van der Waals surface area contributed by atoms with Crippen molar-refractivity contribution < 1.29 is 4.21 Å². The minimum atomic E-state index is -1.07. The fourth-order valence-electron chi connectivity index (χ4n) is 2.95. The number of pyridine rings is 1. The number of imidazole rings is 1. The summed E-state index contributed by atoms with van der Waals surface area (Å²) in [5.41, 5.74) is 2.45. The predicted octanol–water partition coefficient (Wildman–Crippen LogP) is 5.24. The SMILES string of the molecule is O=S(Cc1cn2cc(Cl)cc(Cl)c2n1)Cc1cccc2ccccc12. The first kappa shape index (κ1) is 16.6.